The lowest BCUT2D eigenvalue weighted by atomic mass is 9.77. The monoisotopic (exact) mass is 404 g/mol. The van der Waals surface area contributed by atoms with Crippen molar-refractivity contribution in [3.05, 3.63) is 59.7 Å². The predicted octanol–water partition coefficient (Wildman–Crippen LogP) is 4.41. The van der Waals surface area contributed by atoms with Gasteiger partial charge in [0, 0.05) is 25.4 Å². The van der Waals surface area contributed by atoms with Gasteiger partial charge in [0.1, 0.15) is 6.61 Å². The third-order valence-electron chi connectivity index (χ3n) is 6.23. The maximum atomic E-state index is 12.8. The first kappa shape index (κ1) is 20.0. The molecule has 6 nitrogen and oxygen atoms in total. The third-order valence-corrected chi connectivity index (χ3v) is 6.23. The predicted molar refractivity (Wildman–Crippen MR) is 111 cm³/mol. The average Bonchev–Trinajstić information content (AvgIpc) is 3.10. The Morgan fingerprint density at radius 2 is 1.77 bits per heavy atom. The lowest BCUT2D eigenvalue weighted by Gasteiger charge is -2.37. The Kier molecular flexibility index (Phi) is 5.45. The molecule has 1 fully saturated rings. The molecule has 1 amide bonds. The van der Waals surface area contributed by atoms with Gasteiger partial charge in [0.2, 0.25) is 0 Å². The fraction of sp³-hybridized carbons (Fsp3) is 0.375. The number of rotatable bonds is 5. The smallest absolute Gasteiger partial charge is 0.409 e. The summed E-state index contributed by atoms with van der Waals surface area (Å²) in [5.41, 5.74) is 3.83. The van der Waals surface area contributed by atoms with E-state index in [1.54, 1.807) is 4.90 Å². The maximum absolute atomic E-state index is 12.8. The van der Waals surface area contributed by atoms with Gasteiger partial charge >= 0.3 is 12.1 Å². The molecule has 30 heavy (non-hydrogen) atoms. The van der Waals surface area contributed by atoms with E-state index < -0.39 is 17.5 Å². The molecule has 2 aromatic rings. The summed E-state index contributed by atoms with van der Waals surface area (Å²) in [5, 5.41) is 18.6. The largest absolute Gasteiger partial charge is 0.481 e. The molecule has 154 valence electrons. The number of nitriles is 1. The number of carbonyl (C=O) groups excluding carboxylic acids is 1. The van der Waals surface area contributed by atoms with E-state index in [4.69, 9.17) is 9.84 Å². The van der Waals surface area contributed by atoms with Crippen LogP contribution < -0.4 is 0 Å². The molecule has 2 aliphatic rings. The number of ether oxygens (including phenoxy) is 1. The lowest BCUT2D eigenvalue weighted by molar-refractivity contribution is -0.137. The van der Waals surface area contributed by atoms with E-state index in [2.05, 4.69) is 30.3 Å². The molecule has 2 aromatic carbocycles. The molecule has 1 aliphatic carbocycles. The van der Waals surface area contributed by atoms with Gasteiger partial charge in [-0.05, 0) is 41.5 Å². The van der Waals surface area contributed by atoms with Gasteiger partial charge in [-0.3, -0.25) is 4.79 Å². The normalized spacial score (nSPS) is 20.2. The number of fused-ring (bicyclic) bond motifs is 3. The SMILES string of the molecule is N#CC1(CCC(=O)O)CCCN(C(=O)OCC2c3ccccc3-c3ccccc32)C1. The number of aliphatic carboxylic acids is 1. The second-order valence-electron chi connectivity index (χ2n) is 8.11. The van der Waals surface area contributed by atoms with Crippen LogP contribution in [0, 0.1) is 16.7 Å². The molecule has 1 heterocycles. The first-order chi connectivity index (χ1) is 14.5. The number of carboxylic acid groups (broad SMARTS) is 1. The zero-order valence-electron chi connectivity index (χ0n) is 16.7. The number of amides is 1. The number of carboxylic acids is 1. The van der Waals surface area contributed by atoms with E-state index in [0.29, 0.717) is 19.4 Å². The second kappa shape index (κ2) is 8.19. The van der Waals surface area contributed by atoms with Crippen LogP contribution in [0.25, 0.3) is 11.1 Å². The van der Waals surface area contributed by atoms with Crippen molar-refractivity contribution < 1.29 is 19.4 Å². The molecule has 1 atom stereocenters. The first-order valence-corrected chi connectivity index (χ1v) is 10.3. The summed E-state index contributed by atoms with van der Waals surface area (Å²) in [6.07, 6.45) is 0.992. The molecular formula is C24H24N2O4. The Balaban J connectivity index is 1.45. The van der Waals surface area contributed by atoms with Crippen LogP contribution in [0.3, 0.4) is 0 Å². The van der Waals surface area contributed by atoms with Gasteiger partial charge in [0.15, 0.2) is 0 Å². The number of hydrogen-bond donors (Lipinski definition) is 1. The standard InChI is InChI=1S/C24H24N2O4/c25-15-24(12-10-22(27)28)11-5-13-26(16-24)23(29)30-14-21-19-8-3-1-6-17(19)18-7-2-4-9-20(18)21/h1-4,6-9,21H,5,10-14,16H2,(H,27,28). The number of hydrogen-bond acceptors (Lipinski definition) is 4. The number of benzene rings is 2. The molecular weight excluding hydrogens is 380 g/mol. The van der Waals surface area contributed by atoms with Crippen LogP contribution >= 0.6 is 0 Å². The Morgan fingerprint density at radius 3 is 2.37 bits per heavy atom. The van der Waals surface area contributed by atoms with E-state index in [9.17, 15) is 14.9 Å². The van der Waals surface area contributed by atoms with Gasteiger partial charge in [-0.15, -0.1) is 0 Å². The van der Waals surface area contributed by atoms with Crippen molar-refractivity contribution in [2.24, 2.45) is 5.41 Å². The highest BCUT2D eigenvalue weighted by Crippen LogP contribution is 2.44. The van der Waals surface area contributed by atoms with Gasteiger partial charge < -0.3 is 14.7 Å². The van der Waals surface area contributed by atoms with E-state index >= 15 is 0 Å². The quantitative estimate of drug-likeness (QED) is 0.797. The summed E-state index contributed by atoms with van der Waals surface area (Å²) in [7, 11) is 0. The van der Waals surface area contributed by atoms with Gasteiger partial charge in [-0.2, -0.15) is 5.26 Å². The summed E-state index contributed by atoms with van der Waals surface area (Å²) in [6, 6.07) is 18.6. The van der Waals surface area contributed by atoms with Crippen LogP contribution in [-0.4, -0.2) is 41.8 Å². The molecule has 0 spiro atoms. The van der Waals surface area contributed by atoms with Crippen molar-refractivity contribution in [1.82, 2.24) is 4.90 Å². The maximum Gasteiger partial charge on any atom is 0.409 e. The van der Waals surface area contributed by atoms with Crippen molar-refractivity contribution in [1.29, 1.82) is 5.26 Å². The van der Waals surface area contributed by atoms with E-state index in [1.165, 1.54) is 11.1 Å². The summed E-state index contributed by atoms with van der Waals surface area (Å²) < 4.78 is 5.70. The molecule has 0 saturated carbocycles. The van der Waals surface area contributed by atoms with Crippen molar-refractivity contribution in [2.75, 3.05) is 19.7 Å². The highest BCUT2D eigenvalue weighted by molar-refractivity contribution is 5.79. The minimum absolute atomic E-state index is 0.0149. The number of likely N-dealkylation sites (tertiary alicyclic amines) is 1. The highest BCUT2D eigenvalue weighted by atomic mass is 16.6. The summed E-state index contributed by atoms with van der Waals surface area (Å²) in [4.78, 5) is 25.3. The minimum Gasteiger partial charge on any atom is -0.481 e. The summed E-state index contributed by atoms with van der Waals surface area (Å²) in [5.74, 6) is -0.943. The number of piperidine rings is 1. The Bertz CT molecular complexity index is 967. The lowest BCUT2D eigenvalue weighted by Crippen LogP contribution is -2.46. The molecule has 0 radical (unpaired) electrons. The zero-order chi connectivity index (χ0) is 21.1. The molecule has 4 rings (SSSR count). The Labute approximate surface area is 175 Å². The Morgan fingerprint density at radius 1 is 1.13 bits per heavy atom. The van der Waals surface area contributed by atoms with Crippen molar-refractivity contribution in [3.63, 3.8) is 0 Å². The van der Waals surface area contributed by atoms with Crippen LogP contribution in [0.5, 0.6) is 0 Å². The fourth-order valence-electron chi connectivity index (χ4n) is 4.67. The van der Waals surface area contributed by atoms with Crippen molar-refractivity contribution >= 4 is 12.1 Å². The van der Waals surface area contributed by atoms with Crippen LogP contribution in [0.4, 0.5) is 4.79 Å². The molecule has 1 saturated heterocycles. The molecule has 1 aliphatic heterocycles. The number of carbonyl (C=O) groups is 2. The molecule has 6 heteroatoms. The van der Waals surface area contributed by atoms with Crippen molar-refractivity contribution in [2.45, 2.75) is 31.6 Å². The van der Waals surface area contributed by atoms with Gasteiger partial charge in [-0.1, -0.05) is 48.5 Å². The van der Waals surface area contributed by atoms with E-state index in [1.807, 2.05) is 24.3 Å². The van der Waals surface area contributed by atoms with Gasteiger partial charge in [0.05, 0.1) is 11.5 Å². The molecule has 0 bridgehead atoms. The molecule has 0 aromatic heterocycles. The minimum atomic E-state index is -0.928. The topological polar surface area (TPSA) is 90.6 Å². The highest BCUT2D eigenvalue weighted by Gasteiger charge is 2.38. The summed E-state index contributed by atoms with van der Waals surface area (Å²) in [6.45, 7) is 0.971. The van der Waals surface area contributed by atoms with Gasteiger partial charge in [0.25, 0.3) is 0 Å². The zero-order valence-corrected chi connectivity index (χ0v) is 16.7. The number of nitrogens with zero attached hydrogens (tertiary/aromatic N) is 2. The second-order valence-corrected chi connectivity index (χ2v) is 8.11. The van der Waals surface area contributed by atoms with Crippen LogP contribution in [-0.2, 0) is 9.53 Å². The summed E-state index contributed by atoms with van der Waals surface area (Å²) >= 11 is 0. The third kappa shape index (κ3) is 3.76. The Hall–Kier alpha value is -3.33. The van der Waals surface area contributed by atoms with E-state index in [-0.39, 0.29) is 31.9 Å². The molecule has 1 N–H and O–H groups in total. The fourth-order valence-corrected chi connectivity index (χ4v) is 4.67. The average molecular weight is 404 g/mol. The molecule has 1 unspecified atom stereocenters. The van der Waals surface area contributed by atoms with Crippen LogP contribution in [0.1, 0.15) is 42.7 Å². The van der Waals surface area contributed by atoms with Crippen LogP contribution in [0.2, 0.25) is 0 Å². The van der Waals surface area contributed by atoms with E-state index in [0.717, 1.165) is 11.1 Å². The van der Waals surface area contributed by atoms with Crippen LogP contribution in [0.15, 0.2) is 48.5 Å². The van der Waals surface area contributed by atoms with Gasteiger partial charge in [-0.25, -0.2) is 4.79 Å². The first-order valence-electron chi connectivity index (χ1n) is 10.3. The van der Waals surface area contributed by atoms with Crippen molar-refractivity contribution in [3.8, 4) is 17.2 Å².